The van der Waals surface area contributed by atoms with Crippen molar-refractivity contribution in [1.29, 1.82) is 0 Å². The summed E-state index contributed by atoms with van der Waals surface area (Å²) < 4.78 is 13.4. The lowest BCUT2D eigenvalue weighted by Gasteiger charge is -2.31. The van der Waals surface area contributed by atoms with E-state index < -0.39 is 0 Å². The van der Waals surface area contributed by atoms with Gasteiger partial charge in [-0.3, -0.25) is 9.69 Å². The average molecular weight is 316 g/mol. The molecule has 2 rings (SSSR count). The van der Waals surface area contributed by atoms with Crippen LogP contribution in [-0.4, -0.2) is 43.5 Å². The second kappa shape index (κ2) is 8.97. The summed E-state index contributed by atoms with van der Waals surface area (Å²) >= 11 is 0. The normalized spacial score (nSPS) is 15.6. The number of rotatable bonds is 5. The van der Waals surface area contributed by atoms with Gasteiger partial charge in [-0.1, -0.05) is 18.2 Å². The maximum Gasteiger partial charge on any atom is 0.234 e. The van der Waals surface area contributed by atoms with E-state index in [-0.39, 0.29) is 30.7 Å². The van der Waals surface area contributed by atoms with Crippen molar-refractivity contribution < 1.29 is 9.18 Å². The van der Waals surface area contributed by atoms with Crippen molar-refractivity contribution in [3.8, 4) is 0 Å². The van der Waals surface area contributed by atoms with E-state index in [9.17, 15) is 9.18 Å². The molecule has 1 saturated heterocycles. The molecule has 4 nitrogen and oxygen atoms in total. The fraction of sp³-hybridized carbons (Fsp3) is 0.533. The fourth-order valence-corrected chi connectivity index (χ4v) is 2.49. The highest BCUT2D eigenvalue weighted by Gasteiger charge is 2.19. The Morgan fingerprint density at radius 1 is 1.38 bits per heavy atom. The van der Waals surface area contributed by atoms with Crippen molar-refractivity contribution in [1.82, 2.24) is 15.5 Å². The van der Waals surface area contributed by atoms with Gasteiger partial charge in [0, 0.05) is 18.2 Å². The molecule has 1 heterocycles. The van der Waals surface area contributed by atoms with E-state index in [0.717, 1.165) is 25.9 Å². The number of nitrogens with one attached hydrogen (secondary N) is 2. The number of hydrogen-bond donors (Lipinski definition) is 2. The molecule has 1 aromatic rings. The first-order valence-electron chi connectivity index (χ1n) is 7.08. The molecule has 118 valence electrons. The first-order valence-corrected chi connectivity index (χ1v) is 7.08. The minimum Gasteiger partial charge on any atom is -0.351 e. The Morgan fingerprint density at radius 3 is 2.71 bits per heavy atom. The maximum absolute atomic E-state index is 13.4. The van der Waals surface area contributed by atoms with Gasteiger partial charge in [0.05, 0.1) is 6.54 Å². The molecule has 0 radical (unpaired) electrons. The van der Waals surface area contributed by atoms with Crippen LogP contribution in [0.15, 0.2) is 24.3 Å². The summed E-state index contributed by atoms with van der Waals surface area (Å²) in [6.07, 6.45) is 2.13. The third-order valence-electron chi connectivity index (χ3n) is 3.76. The Kier molecular flexibility index (Phi) is 7.64. The van der Waals surface area contributed by atoms with Gasteiger partial charge in [0.25, 0.3) is 0 Å². The summed E-state index contributed by atoms with van der Waals surface area (Å²) in [6.45, 7) is 2.61. The van der Waals surface area contributed by atoms with E-state index in [4.69, 9.17) is 0 Å². The van der Waals surface area contributed by atoms with Crippen molar-refractivity contribution in [2.45, 2.75) is 25.4 Å². The fourth-order valence-electron chi connectivity index (χ4n) is 2.49. The number of halogens is 2. The summed E-state index contributed by atoms with van der Waals surface area (Å²) in [6, 6.07) is 6.96. The van der Waals surface area contributed by atoms with Crippen LogP contribution < -0.4 is 10.6 Å². The topological polar surface area (TPSA) is 44.4 Å². The zero-order chi connectivity index (χ0) is 14.4. The minimum atomic E-state index is -0.278. The monoisotopic (exact) mass is 315 g/mol. The van der Waals surface area contributed by atoms with Crippen molar-refractivity contribution in [2.75, 3.05) is 26.7 Å². The van der Waals surface area contributed by atoms with Gasteiger partial charge < -0.3 is 10.6 Å². The predicted molar refractivity (Wildman–Crippen MR) is 84.0 cm³/mol. The molecule has 0 aliphatic carbocycles. The molecule has 1 amide bonds. The number of likely N-dealkylation sites (N-methyl/N-ethyl adjacent to an activating group) is 1. The van der Waals surface area contributed by atoms with Crippen LogP contribution in [0.1, 0.15) is 18.4 Å². The van der Waals surface area contributed by atoms with Crippen LogP contribution in [0.25, 0.3) is 0 Å². The summed E-state index contributed by atoms with van der Waals surface area (Å²) in [7, 11) is 1.97. The molecular formula is C15H23ClFN3O. The van der Waals surface area contributed by atoms with Gasteiger partial charge in [-0.05, 0) is 39.0 Å². The quantitative estimate of drug-likeness (QED) is 0.866. The molecule has 0 spiro atoms. The van der Waals surface area contributed by atoms with Crippen molar-refractivity contribution in [2.24, 2.45) is 0 Å². The summed E-state index contributed by atoms with van der Waals surface area (Å²) in [5.74, 6) is -0.339. The van der Waals surface area contributed by atoms with E-state index >= 15 is 0 Å². The lowest BCUT2D eigenvalue weighted by atomic mass is 10.1. The Morgan fingerprint density at radius 2 is 2.05 bits per heavy atom. The molecule has 0 aromatic heterocycles. The zero-order valence-electron chi connectivity index (χ0n) is 12.3. The molecule has 2 N–H and O–H groups in total. The number of amides is 1. The van der Waals surface area contributed by atoms with Gasteiger partial charge in [-0.2, -0.15) is 0 Å². The lowest BCUT2D eigenvalue weighted by Crippen LogP contribution is -2.45. The highest BCUT2D eigenvalue weighted by atomic mass is 35.5. The van der Waals surface area contributed by atoms with E-state index in [0.29, 0.717) is 18.2 Å². The molecular weight excluding hydrogens is 293 g/mol. The van der Waals surface area contributed by atoms with E-state index in [1.54, 1.807) is 18.2 Å². The smallest absolute Gasteiger partial charge is 0.234 e. The zero-order valence-corrected chi connectivity index (χ0v) is 13.1. The summed E-state index contributed by atoms with van der Waals surface area (Å²) in [5, 5.41) is 6.08. The van der Waals surface area contributed by atoms with Crippen LogP contribution in [0, 0.1) is 5.82 Å². The number of piperidine rings is 1. The first-order chi connectivity index (χ1) is 9.66. The summed E-state index contributed by atoms with van der Waals surface area (Å²) in [4.78, 5) is 14.0. The summed E-state index contributed by atoms with van der Waals surface area (Å²) in [5.41, 5.74) is 0.519. The second-order valence-corrected chi connectivity index (χ2v) is 5.26. The molecule has 6 heteroatoms. The minimum absolute atomic E-state index is 0. The first kappa shape index (κ1) is 17.9. The second-order valence-electron chi connectivity index (χ2n) is 5.26. The number of carbonyl (C=O) groups excluding carboxylic acids is 1. The van der Waals surface area contributed by atoms with Gasteiger partial charge in [0.1, 0.15) is 5.82 Å². The van der Waals surface area contributed by atoms with Crippen LogP contribution in [0.2, 0.25) is 0 Å². The number of benzene rings is 1. The SMILES string of the molecule is CN(CC(=O)NCc1ccccc1F)C1CCNCC1.Cl. The third kappa shape index (κ3) is 5.61. The average Bonchev–Trinajstić information content (AvgIpc) is 2.47. The number of nitrogens with zero attached hydrogens (tertiary/aromatic N) is 1. The number of carbonyl (C=O) groups is 1. The molecule has 0 bridgehead atoms. The van der Waals surface area contributed by atoms with Gasteiger partial charge in [0.2, 0.25) is 5.91 Å². The Balaban J connectivity index is 0.00000220. The van der Waals surface area contributed by atoms with Crippen LogP contribution >= 0.6 is 12.4 Å². The maximum atomic E-state index is 13.4. The Bertz CT molecular complexity index is 452. The highest BCUT2D eigenvalue weighted by molar-refractivity contribution is 5.85. The molecule has 0 saturated carbocycles. The van der Waals surface area contributed by atoms with Crippen molar-refractivity contribution in [3.05, 3.63) is 35.6 Å². The third-order valence-corrected chi connectivity index (χ3v) is 3.76. The van der Waals surface area contributed by atoms with Gasteiger partial charge >= 0.3 is 0 Å². The molecule has 1 fully saturated rings. The Labute approximate surface area is 131 Å². The predicted octanol–water partition coefficient (Wildman–Crippen LogP) is 1.55. The number of hydrogen-bond acceptors (Lipinski definition) is 3. The van der Waals surface area contributed by atoms with Crippen molar-refractivity contribution >= 4 is 18.3 Å². The largest absolute Gasteiger partial charge is 0.351 e. The molecule has 0 unspecified atom stereocenters. The van der Waals surface area contributed by atoms with E-state index in [1.807, 2.05) is 7.05 Å². The van der Waals surface area contributed by atoms with E-state index in [1.165, 1.54) is 6.07 Å². The lowest BCUT2D eigenvalue weighted by molar-refractivity contribution is -0.122. The molecule has 1 aromatic carbocycles. The highest BCUT2D eigenvalue weighted by Crippen LogP contribution is 2.09. The van der Waals surface area contributed by atoms with Gasteiger partial charge in [-0.25, -0.2) is 4.39 Å². The van der Waals surface area contributed by atoms with Crippen LogP contribution in [0.4, 0.5) is 4.39 Å². The van der Waals surface area contributed by atoms with Crippen molar-refractivity contribution in [3.63, 3.8) is 0 Å². The van der Waals surface area contributed by atoms with Crippen LogP contribution in [-0.2, 0) is 11.3 Å². The van der Waals surface area contributed by atoms with Crippen LogP contribution in [0.5, 0.6) is 0 Å². The van der Waals surface area contributed by atoms with Gasteiger partial charge in [-0.15, -0.1) is 12.4 Å². The molecule has 1 aliphatic rings. The standard InChI is InChI=1S/C15H22FN3O.ClH/c1-19(13-6-8-17-9-7-13)11-15(20)18-10-12-4-2-3-5-14(12)16;/h2-5,13,17H,6-11H2,1H3,(H,18,20);1H. The molecule has 1 aliphatic heterocycles. The van der Waals surface area contributed by atoms with Gasteiger partial charge in [0.15, 0.2) is 0 Å². The van der Waals surface area contributed by atoms with Crippen LogP contribution in [0.3, 0.4) is 0 Å². The molecule has 21 heavy (non-hydrogen) atoms. The van der Waals surface area contributed by atoms with E-state index in [2.05, 4.69) is 15.5 Å². The Hall–Kier alpha value is -1.17. The molecule has 0 atom stereocenters.